The zero-order valence-corrected chi connectivity index (χ0v) is 15.8. The summed E-state index contributed by atoms with van der Waals surface area (Å²) in [7, 11) is 0. The second kappa shape index (κ2) is 17.6. The third-order valence-corrected chi connectivity index (χ3v) is 4.63. The Balaban J connectivity index is 3.15. The van der Waals surface area contributed by atoms with Crippen molar-refractivity contribution in [3.8, 4) is 0 Å². The molecule has 0 bridgehead atoms. The summed E-state index contributed by atoms with van der Waals surface area (Å²) in [4.78, 5) is 10.9. The van der Waals surface area contributed by atoms with Crippen molar-refractivity contribution in [3.05, 3.63) is 12.2 Å². The van der Waals surface area contributed by atoms with Crippen LogP contribution in [0.25, 0.3) is 0 Å². The molecule has 0 heterocycles. The van der Waals surface area contributed by atoms with E-state index in [1.54, 1.807) is 0 Å². The maximum Gasteiger partial charge on any atom is 0.220 e. The summed E-state index contributed by atoms with van der Waals surface area (Å²) >= 11 is 0. The minimum Gasteiger partial charge on any atom is -0.369 e. The van der Waals surface area contributed by atoms with Crippen LogP contribution >= 0.6 is 0 Å². The lowest BCUT2D eigenvalue weighted by molar-refractivity contribution is -0.121. The van der Waals surface area contributed by atoms with Crippen molar-refractivity contribution in [3.63, 3.8) is 0 Å². The van der Waals surface area contributed by atoms with Gasteiger partial charge in [0.2, 0.25) is 5.91 Å². The Hall–Kier alpha value is -0.790. The van der Waals surface area contributed by atoms with Crippen LogP contribution in [0.5, 0.6) is 0 Å². The first-order valence-electron chi connectivity index (χ1n) is 10.1. The second-order valence-electron chi connectivity index (χ2n) is 7.03. The highest BCUT2D eigenvalue weighted by Crippen LogP contribution is 2.13. The first kappa shape index (κ1) is 22.2. The average Bonchev–Trinajstić information content (AvgIpc) is 2.54. The standard InChI is InChI=1S/C21H41NO/c1-3-4-5-6-7-8-9-10-11-12-13-14-15-16-17-18-19-20(2)21(22)23/h10-11,20H,3-9,12-19H2,1-2H3,(H2,22,23)/b11-10-. The molecule has 1 amide bonds. The summed E-state index contributed by atoms with van der Waals surface area (Å²) in [5.74, 6) is -0.107. The number of rotatable bonds is 17. The first-order valence-corrected chi connectivity index (χ1v) is 10.1. The van der Waals surface area contributed by atoms with Gasteiger partial charge in [0.15, 0.2) is 0 Å². The predicted octanol–water partition coefficient (Wildman–Crippen LogP) is 6.54. The number of nitrogens with two attached hydrogens (primary N) is 1. The van der Waals surface area contributed by atoms with Gasteiger partial charge in [-0.3, -0.25) is 4.79 Å². The Morgan fingerprint density at radius 1 is 0.783 bits per heavy atom. The maximum atomic E-state index is 10.9. The van der Waals surface area contributed by atoms with Crippen LogP contribution in [-0.4, -0.2) is 5.91 Å². The van der Waals surface area contributed by atoms with Gasteiger partial charge in [0.05, 0.1) is 0 Å². The van der Waals surface area contributed by atoms with Crippen LogP contribution in [0.2, 0.25) is 0 Å². The third-order valence-electron chi connectivity index (χ3n) is 4.63. The Labute approximate surface area is 145 Å². The Morgan fingerprint density at radius 3 is 1.70 bits per heavy atom. The zero-order chi connectivity index (χ0) is 17.2. The van der Waals surface area contributed by atoms with Crippen LogP contribution in [0.1, 0.15) is 110 Å². The van der Waals surface area contributed by atoms with Gasteiger partial charge in [0, 0.05) is 5.92 Å². The Morgan fingerprint density at radius 2 is 1.22 bits per heavy atom. The molecule has 2 nitrogen and oxygen atoms in total. The Bertz CT molecular complexity index is 286. The lowest BCUT2D eigenvalue weighted by Gasteiger charge is -2.06. The molecular formula is C21H41NO. The van der Waals surface area contributed by atoms with Gasteiger partial charge < -0.3 is 5.73 Å². The fourth-order valence-corrected chi connectivity index (χ4v) is 2.84. The summed E-state index contributed by atoms with van der Waals surface area (Å²) in [6, 6.07) is 0. The van der Waals surface area contributed by atoms with Crippen molar-refractivity contribution in [1.82, 2.24) is 0 Å². The van der Waals surface area contributed by atoms with E-state index in [1.807, 2.05) is 6.92 Å². The van der Waals surface area contributed by atoms with Gasteiger partial charge >= 0.3 is 0 Å². The largest absolute Gasteiger partial charge is 0.369 e. The highest BCUT2D eigenvalue weighted by atomic mass is 16.1. The van der Waals surface area contributed by atoms with E-state index < -0.39 is 0 Å². The molecule has 0 aliphatic rings. The van der Waals surface area contributed by atoms with E-state index in [0.29, 0.717) is 0 Å². The molecule has 2 N–H and O–H groups in total. The fourth-order valence-electron chi connectivity index (χ4n) is 2.84. The highest BCUT2D eigenvalue weighted by Gasteiger charge is 2.06. The van der Waals surface area contributed by atoms with Crippen molar-refractivity contribution >= 4 is 5.91 Å². The molecule has 0 saturated heterocycles. The summed E-state index contributed by atoms with van der Waals surface area (Å²) in [6.07, 6.45) is 24.2. The molecule has 1 atom stereocenters. The van der Waals surface area contributed by atoms with Crippen molar-refractivity contribution in [2.24, 2.45) is 11.7 Å². The van der Waals surface area contributed by atoms with Gasteiger partial charge in [-0.2, -0.15) is 0 Å². The van der Waals surface area contributed by atoms with E-state index in [-0.39, 0.29) is 11.8 Å². The second-order valence-corrected chi connectivity index (χ2v) is 7.03. The number of hydrogen-bond acceptors (Lipinski definition) is 1. The van der Waals surface area contributed by atoms with Crippen LogP contribution in [-0.2, 0) is 4.79 Å². The van der Waals surface area contributed by atoms with Crippen molar-refractivity contribution < 1.29 is 4.79 Å². The first-order chi connectivity index (χ1) is 11.2. The highest BCUT2D eigenvalue weighted by molar-refractivity contribution is 5.76. The number of primary amides is 1. The summed E-state index contributed by atoms with van der Waals surface area (Å²) < 4.78 is 0. The van der Waals surface area contributed by atoms with Crippen LogP contribution < -0.4 is 5.73 Å². The van der Waals surface area contributed by atoms with Crippen molar-refractivity contribution in [2.45, 2.75) is 110 Å². The third kappa shape index (κ3) is 17.4. The molecule has 0 aromatic rings. The quantitative estimate of drug-likeness (QED) is 0.240. The van der Waals surface area contributed by atoms with Gasteiger partial charge in [0.1, 0.15) is 0 Å². The minimum atomic E-state index is -0.155. The minimum absolute atomic E-state index is 0.0479. The van der Waals surface area contributed by atoms with E-state index >= 15 is 0 Å². The predicted molar refractivity (Wildman–Crippen MR) is 102 cm³/mol. The molecular weight excluding hydrogens is 282 g/mol. The van der Waals surface area contributed by atoms with Gasteiger partial charge in [-0.05, 0) is 32.1 Å². The zero-order valence-electron chi connectivity index (χ0n) is 15.8. The molecule has 0 aromatic carbocycles. The van der Waals surface area contributed by atoms with E-state index in [2.05, 4.69) is 19.1 Å². The van der Waals surface area contributed by atoms with Crippen LogP contribution in [0, 0.1) is 5.92 Å². The molecule has 0 spiro atoms. The monoisotopic (exact) mass is 323 g/mol. The molecule has 0 aliphatic carbocycles. The fraction of sp³-hybridized carbons (Fsp3) is 0.857. The van der Waals surface area contributed by atoms with Crippen molar-refractivity contribution in [2.75, 3.05) is 0 Å². The molecule has 0 radical (unpaired) electrons. The van der Waals surface area contributed by atoms with Crippen molar-refractivity contribution in [1.29, 1.82) is 0 Å². The topological polar surface area (TPSA) is 43.1 Å². The number of unbranched alkanes of at least 4 members (excludes halogenated alkanes) is 12. The number of carbonyl (C=O) groups is 1. The molecule has 23 heavy (non-hydrogen) atoms. The molecule has 0 aromatic heterocycles. The molecule has 0 saturated carbocycles. The normalized spacial score (nSPS) is 12.8. The van der Waals surface area contributed by atoms with Gasteiger partial charge in [-0.25, -0.2) is 0 Å². The molecule has 0 aliphatic heterocycles. The van der Waals surface area contributed by atoms with E-state index in [0.717, 1.165) is 12.8 Å². The van der Waals surface area contributed by atoms with Gasteiger partial charge in [-0.15, -0.1) is 0 Å². The summed E-state index contributed by atoms with van der Waals surface area (Å²) in [5.41, 5.74) is 5.26. The smallest absolute Gasteiger partial charge is 0.220 e. The molecule has 1 unspecified atom stereocenters. The van der Waals surface area contributed by atoms with Crippen LogP contribution in [0.15, 0.2) is 12.2 Å². The SMILES string of the molecule is CCCCCCCC/C=C\CCCCCCCCC(C)C(N)=O. The number of hydrogen-bond donors (Lipinski definition) is 1. The lowest BCUT2D eigenvalue weighted by atomic mass is 10.0. The molecule has 136 valence electrons. The summed E-state index contributed by atoms with van der Waals surface area (Å²) in [5, 5.41) is 0. The molecule has 0 fully saturated rings. The van der Waals surface area contributed by atoms with E-state index in [4.69, 9.17) is 5.73 Å². The molecule has 2 heteroatoms. The van der Waals surface area contributed by atoms with Crippen LogP contribution in [0.3, 0.4) is 0 Å². The van der Waals surface area contributed by atoms with Crippen LogP contribution in [0.4, 0.5) is 0 Å². The Kier molecular flexibility index (Phi) is 17.0. The molecule has 0 rings (SSSR count). The van der Waals surface area contributed by atoms with E-state index in [1.165, 1.54) is 83.5 Å². The van der Waals surface area contributed by atoms with Gasteiger partial charge in [-0.1, -0.05) is 90.2 Å². The summed E-state index contributed by atoms with van der Waals surface area (Å²) in [6.45, 7) is 4.20. The maximum absolute atomic E-state index is 10.9. The van der Waals surface area contributed by atoms with E-state index in [9.17, 15) is 4.79 Å². The number of allylic oxidation sites excluding steroid dienone is 2. The lowest BCUT2D eigenvalue weighted by Crippen LogP contribution is -2.20. The number of amides is 1. The number of carbonyl (C=O) groups excluding carboxylic acids is 1. The van der Waals surface area contributed by atoms with Gasteiger partial charge in [0.25, 0.3) is 0 Å². The average molecular weight is 324 g/mol.